The van der Waals surface area contributed by atoms with Gasteiger partial charge in [0, 0.05) is 91.2 Å². The number of ether oxygens (including phenoxy) is 10. The number of aromatic nitrogens is 1. The van der Waals surface area contributed by atoms with Crippen molar-refractivity contribution in [3.8, 4) is 11.8 Å². The van der Waals surface area contributed by atoms with Crippen LogP contribution in [-0.2, 0) is 114 Å². The molecule has 2 atom stereocenters. The smallest absolute Gasteiger partial charge is 0.333 e. The second-order valence-corrected chi connectivity index (χ2v) is 31.1. The number of carbonyl (C=O) groups is 1. The maximum Gasteiger partial charge on any atom is 0.333 e. The second-order valence-electron chi connectivity index (χ2n) is 23.9. The molecular weight excluding hydrogens is 1450 g/mol. The van der Waals surface area contributed by atoms with Crippen molar-refractivity contribution >= 4 is 95.2 Å². The average Bonchev–Trinajstić information content (AvgIpc) is 1.52. The fourth-order valence-corrected chi connectivity index (χ4v) is 15.2. The maximum absolute atomic E-state index is 13.4. The second kappa shape index (κ2) is 37.0. The Labute approximate surface area is 592 Å². The Morgan fingerprint density at radius 1 is 0.520 bits per heavy atom. The number of anilines is 1. The molecule has 0 spiro atoms. The Hall–Kier alpha value is -6.41. The SMILES string of the molecule is COCCOCCOCCOCCOCCOCC[N+]1=C(C=CC(C)=CC=C2N(CCCC(=O)On3c(O)ccc3O)c3ccc4c(S(=O)(=O)O)cc(S(=O)(=O)O)cc4c3C2(C)CCOCCOCCOCCOC)C(C)(CCCS(=O)(=O)O)c2c1ccc1c(S(=O)(=O)O)cc(S(=O)(=O)O)cc21. The van der Waals surface area contributed by atoms with Gasteiger partial charge in [0.25, 0.3) is 50.6 Å². The molecule has 0 amide bonds. The zero-order valence-corrected chi connectivity index (χ0v) is 61.0. The highest BCUT2D eigenvalue weighted by molar-refractivity contribution is 7.87. The number of methoxy groups -OCH3 is 2. The van der Waals surface area contributed by atoms with E-state index in [2.05, 4.69) is 0 Å². The number of rotatable bonds is 46. The third-order valence-corrected chi connectivity index (χ3v) is 21.0. The van der Waals surface area contributed by atoms with Gasteiger partial charge in [-0.15, -0.1) is 4.73 Å². The average molecular weight is 1540 g/mol. The minimum atomic E-state index is -5.21. The minimum absolute atomic E-state index is 0.00750. The Kier molecular flexibility index (Phi) is 30.1. The van der Waals surface area contributed by atoms with Crippen LogP contribution in [0.25, 0.3) is 21.5 Å². The lowest BCUT2D eigenvalue weighted by atomic mass is 9.74. The van der Waals surface area contributed by atoms with E-state index in [0.717, 1.165) is 24.3 Å². The molecule has 0 aliphatic carbocycles. The van der Waals surface area contributed by atoms with Gasteiger partial charge in [-0.25, -0.2) is 4.79 Å². The van der Waals surface area contributed by atoms with Crippen molar-refractivity contribution in [1.29, 1.82) is 0 Å². The predicted octanol–water partition coefficient (Wildman–Crippen LogP) is 5.63. The van der Waals surface area contributed by atoms with E-state index >= 15 is 0 Å². The summed E-state index contributed by atoms with van der Waals surface area (Å²) in [5.74, 6) is -2.79. The van der Waals surface area contributed by atoms with Crippen LogP contribution < -0.4 is 9.74 Å². The molecule has 566 valence electrons. The molecular formula is C65H88N3O29S5+. The van der Waals surface area contributed by atoms with Crippen molar-refractivity contribution < 1.29 is 137 Å². The summed E-state index contributed by atoms with van der Waals surface area (Å²) >= 11 is 0. The lowest BCUT2D eigenvalue weighted by Gasteiger charge is -2.31. The molecule has 2 aliphatic rings. The van der Waals surface area contributed by atoms with Crippen LogP contribution in [0.4, 0.5) is 11.4 Å². The summed E-state index contributed by atoms with van der Waals surface area (Å²) in [5.41, 5.74) is -0.234. The van der Waals surface area contributed by atoms with Gasteiger partial charge in [0.05, 0.1) is 127 Å². The number of nitrogens with zero attached hydrogens (tertiary/aromatic N) is 3. The molecule has 32 nitrogen and oxygen atoms in total. The monoisotopic (exact) mass is 1530 g/mol. The lowest BCUT2D eigenvalue weighted by molar-refractivity contribution is -0.442. The third-order valence-electron chi connectivity index (χ3n) is 16.8. The minimum Gasteiger partial charge on any atom is -0.492 e. The van der Waals surface area contributed by atoms with Gasteiger partial charge in [-0.2, -0.15) is 46.7 Å². The molecule has 0 radical (unpaired) electrons. The van der Waals surface area contributed by atoms with Crippen LogP contribution in [0.15, 0.2) is 116 Å². The van der Waals surface area contributed by atoms with Crippen LogP contribution in [-0.4, -0.2) is 248 Å². The number of aromatic hydroxyl groups is 2. The molecule has 3 heterocycles. The van der Waals surface area contributed by atoms with Gasteiger partial charge in [-0.3, -0.25) is 22.8 Å². The van der Waals surface area contributed by atoms with E-state index in [9.17, 15) is 79.9 Å². The number of hydrogen-bond acceptors (Lipinski definition) is 25. The number of hydrogen-bond donors (Lipinski definition) is 7. The molecule has 2 aliphatic heterocycles. The first-order valence-corrected chi connectivity index (χ1v) is 39.5. The largest absolute Gasteiger partial charge is 0.492 e. The van der Waals surface area contributed by atoms with Crippen LogP contribution in [0.3, 0.4) is 0 Å². The van der Waals surface area contributed by atoms with E-state index in [1.54, 1.807) is 68.8 Å². The van der Waals surface area contributed by atoms with E-state index in [-0.39, 0.29) is 138 Å². The zero-order valence-electron chi connectivity index (χ0n) is 57.0. The van der Waals surface area contributed by atoms with Crippen molar-refractivity contribution in [2.45, 2.75) is 83.3 Å². The molecule has 0 fully saturated rings. The van der Waals surface area contributed by atoms with E-state index in [1.807, 2.05) is 0 Å². The highest BCUT2D eigenvalue weighted by atomic mass is 32.2. The zero-order chi connectivity index (χ0) is 74.7. The molecule has 2 unspecified atom stereocenters. The Bertz CT molecular complexity index is 4460. The number of fused-ring (bicyclic) bond motifs is 6. The van der Waals surface area contributed by atoms with Crippen molar-refractivity contribution in [3.63, 3.8) is 0 Å². The summed E-state index contributed by atoms with van der Waals surface area (Å²) in [6, 6.07) is 11.3. The molecule has 0 saturated heterocycles. The first-order chi connectivity index (χ1) is 48.2. The Morgan fingerprint density at radius 3 is 1.43 bits per heavy atom. The Morgan fingerprint density at radius 2 is 0.971 bits per heavy atom. The molecule has 1 aromatic heterocycles. The van der Waals surface area contributed by atoms with E-state index in [0.29, 0.717) is 104 Å². The number of carbonyl (C=O) groups excluding carboxylic acids is 1. The summed E-state index contributed by atoms with van der Waals surface area (Å²) in [4.78, 5) is 16.9. The number of allylic oxidation sites excluding steroid dienone is 6. The van der Waals surface area contributed by atoms with Gasteiger partial charge in [-0.1, -0.05) is 23.8 Å². The molecule has 4 aromatic carbocycles. The lowest BCUT2D eigenvalue weighted by Crippen LogP contribution is -2.33. The van der Waals surface area contributed by atoms with Gasteiger partial charge < -0.3 is 67.3 Å². The van der Waals surface area contributed by atoms with E-state index in [4.69, 9.17) is 52.2 Å². The summed E-state index contributed by atoms with van der Waals surface area (Å²) in [5, 5.41) is 20.0. The summed E-state index contributed by atoms with van der Waals surface area (Å²) < 4.78 is 239. The van der Waals surface area contributed by atoms with Crippen molar-refractivity contribution in [2.75, 3.05) is 157 Å². The maximum atomic E-state index is 13.4. The van der Waals surface area contributed by atoms with Crippen molar-refractivity contribution in [1.82, 2.24) is 4.73 Å². The summed E-state index contributed by atoms with van der Waals surface area (Å²) in [7, 11) is -22.3. The van der Waals surface area contributed by atoms with Gasteiger partial charge in [0.2, 0.25) is 17.4 Å². The van der Waals surface area contributed by atoms with Crippen LogP contribution in [0.5, 0.6) is 11.8 Å². The first-order valence-electron chi connectivity index (χ1n) is 32.1. The quantitative estimate of drug-likeness (QED) is 0.0107. The predicted molar refractivity (Wildman–Crippen MR) is 369 cm³/mol. The summed E-state index contributed by atoms with van der Waals surface area (Å²) in [6.45, 7) is 9.66. The van der Waals surface area contributed by atoms with Crippen molar-refractivity contribution in [3.05, 3.63) is 107 Å². The highest BCUT2D eigenvalue weighted by Crippen LogP contribution is 2.54. The van der Waals surface area contributed by atoms with Crippen LogP contribution in [0.2, 0.25) is 0 Å². The van der Waals surface area contributed by atoms with Gasteiger partial charge in [0.1, 0.15) is 16.4 Å². The first kappa shape index (κ1) is 82.9. The highest BCUT2D eigenvalue weighted by Gasteiger charge is 2.50. The van der Waals surface area contributed by atoms with E-state index < -0.39 is 104 Å². The fourth-order valence-electron chi connectivity index (χ4n) is 12.1. The summed E-state index contributed by atoms with van der Waals surface area (Å²) in [6.07, 6.45) is 6.12. The van der Waals surface area contributed by atoms with Crippen molar-refractivity contribution in [2.24, 2.45) is 0 Å². The molecule has 5 aromatic rings. The Balaban J connectivity index is 1.32. The normalized spacial score (nSPS) is 17.3. The number of benzene rings is 4. The van der Waals surface area contributed by atoms with Crippen LogP contribution >= 0.6 is 0 Å². The standard InChI is InChI=1S/C65H87N3O29S5/c1-46(9-15-57-64(2,19-7-41-98(72,73)74)62-51-42-47(99(75,76)77)44-55(101(81,82)83)49(51)12-14-54(62)67(57)22-24-90-30-32-94-37-38-96-40-39-95-36-34-92-28-26-88-5)10-16-58-65(3,20-23-89-29-31-93-35-33-91-27-25-87-4)63-52-43-48(100(78,79)80)45-56(102(84,85)86)50(52)11-13-53(63)66(58)21-6-8-61(71)97-68-59(69)17-18-60(68)70/h9-18,42-45H,6-8,19-41H2,1-5H3,(H6-,69,70,72,73,74,75,76,77,78,79,80,81,82,83,84,85,86)/p+1. The molecule has 102 heavy (non-hydrogen) atoms. The van der Waals surface area contributed by atoms with Gasteiger partial charge in [0.15, 0.2) is 12.3 Å². The van der Waals surface area contributed by atoms with Crippen LogP contribution in [0.1, 0.15) is 64.0 Å². The molecule has 7 N–H and O–H groups in total. The van der Waals surface area contributed by atoms with Gasteiger partial charge >= 0.3 is 5.97 Å². The molecule has 0 saturated carbocycles. The van der Waals surface area contributed by atoms with Gasteiger partial charge in [-0.05, 0) is 105 Å². The molecule has 0 bridgehead atoms. The fraction of sp³-hybridized carbons (Fsp3) is 0.508. The molecule has 7 rings (SSSR count). The third kappa shape index (κ3) is 22.3. The topological polar surface area (TPSA) is 442 Å². The van der Waals surface area contributed by atoms with E-state index in [1.165, 1.54) is 24.3 Å². The molecule has 37 heteroatoms. The van der Waals surface area contributed by atoms with Crippen LogP contribution in [0, 0.1) is 0 Å².